The van der Waals surface area contributed by atoms with Crippen molar-refractivity contribution >= 4 is 23.5 Å². The molecule has 6 heteroatoms. The maximum absolute atomic E-state index is 11.7. The Morgan fingerprint density at radius 3 is 2.68 bits per heavy atom. The Morgan fingerprint density at radius 1 is 1.37 bits per heavy atom. The molecule has 0 aromatic heterocycles. The van der Waals surface area contributed by atoms with Crippen LogP contribution < -0.4 is 15.4 Å². The van der Waals surface area contributed by atoms with Crippen molar-refractivity contribution in [3.05, 3.63) is 29.3 Å². The second kappa shape index (κ2) is 5.93. The van der Waals surface area contributed by atoms with E-state index >= 15 is 0 Å². The summed E-state index contributed by atoms with van der Waals surface area (Å²) in [6, 6.07) is 6.57. The van der Waals surface area contributed by atoms with Gasteiger partial charge in [0.05, 0.1) is 5.02 Å². The number of benzene rings is 1. The van der Waals surface area contributed by atoms with Crippen molar-refractivity contribution < 1.29 is 14.3 Å². The number of amides is 3. The Labute approximate surface area is 116 Å². The Hall–Kier alpha value is -1.75. The van der Waals surface area contributed by atoms with Crippen molar-refractivity contribution in [2.24, 2.45) is 0 Å². The van der Waals surface area contributed by atoms with Gasteiger partial charge in [-0.15, -0.1) is 0 Å². The van der Waals surface area contributed by atoms with Crippen molar-refractivity contribution in [2.45, 2.75) is 31.9 Å². The van der Waals surface area contributed by atoms with Crippen LogP contribution in [-0.2, 0) is 4.79 Å². The minimum Gasteiger partial charge on any atom is -0.479 e. The normalized spacial score (nSPS) is 15.5. The van der Waals surface area contributed by atoms with Crippen LogP contribution in [0, 0.1) is 0 Å². The SMILES string of the molecule is C[C@H](Oc1ccccc1Cl)C(=O)NC(=O)NC1CC1. The monoisotopic (exact) mass is 282 g/mol. The van der Waals surface area contributed by atoms with Gasteiger partial charge in [-0.3, -0.25) is 10.1 Å². The highest BCUT2D eigenvalue weighted by Crippen LogP contribution is 2.24. The molecule has 0 radical (unpaired) electrons. The lowest BCUT2D eigenvalue weighted by Gasteiger charge is -2.15. The van der Waals surface area contributed by atoms with Crippen molar-refractivity contribution in [2.75, 3.05) is 0 Å². The molecule has 0 bridgehead atoms. The molecule has 1 saturated carbocycles. The number of carbonyl (C=O) groups excluding carboxylic acids is 2. The molecule has 19 heavy (non-hydrogen) atoms. The molecule has 1 aromatic rings. The first-order valence-corrected chi connectivity index (χ1v) is 6.46. The molecule has 1 aliphatic carbocycles. The second-order valence-corrected chi connectivity index (χ2v) is 4.83. The van der Waals surface area contributed by atoms with Gasteiger partial charge in [-0.1, -0.05) is 23.7 Å². The van der Waals surface area contributed by atoms with E-state index in [1.807, 2.05) is 0 Å². The quantitative estimate of drug-likeness (QED) is 0.889. The van der Waals surface area contributed by atoms with Gasteiger partial charge in [0.25, 0.3) is 5.91 Å². The van der Waals surface area contributed by atoms with Gasteiger partial charge < -0.3 is 10.1 Å². The van der Waals surface area contributed by atoms with E-state index in [0.717, 1.165) is 12.8 Å². The summed E-state index contributed by atoms with van der Waals surface area (Å²) in [6.07, 6.45) is 1.13. The summed E-state index contributed by atoms with van der Waals surface area (Å²) < 4.78 is 5.40. The lowest BCUT2D eigenvalue weighted by molar-refractivity contribution is -0.126. The number of rotatable bonds is 4. The number of nitrogens with one attached hydrogen (secondary N) is 2. The van der Waals surface area contributed by atoms with Gasteiger partial charge in [-0.25, -0.2) is 4.79 Å². The summed E-state index contributed by atoms with van der Waals surface area (Å²) in [6.45, 7) is 1.56. The van der Waals surface area contributed by atoms with Crippen LogP contribution in [0.4, 0.5) is 4.79 Å². The standard InChI is InChI=1S/C13H15ClN2O3/c1-8(19-11-5-3-2-4-10(11)14)12(17)16-13(18)15-9-6-7-9/h2-5,8-9H,6-7H2,1H3,(H2,15,16,17,18)/t8-/m0/s1. The molecule has 1 fully saturated rings. The fourth-order valence-electron chi connectivity index (χ4n) is 1.45. The number of ether oxygens (including phenoxy) is 1. The van der Waals surface area contributed by atoms with Gasteiger partial charge in [-0.2, -0.15) is 0 Å². The molecule has 3 amide bonds. The van der Waals surface area contributed by atoms with E-state index in [-0.39, 0.29) is 6.04 Å². The summed E-state index contributed by atoms with van der Waals surface area (Å²) in [5.74, 6) is -0.0903. The predicted octanol–water partition coefficient (Wildman–Crippen LogP) is 2.10. The first-order valence-electron chi connectivity index (χ1n) is 6.09. The van der Waals surface area contributed by atoms with Crippen LogP contribution in [0.15, 0.2) is 24.3 Å². The molecule has 1 aromatic carbocycles. The molecule has 1 aliphatic rings. The largest absolute Gasteiger partial charge is 0.479 e. The van der Waals surface area contributed by atoms with Crippen molar-refractivity contribution in [3.63, 3.8) is 0 Å². The van der Waals surface area contributed by atoms with Gasteiger partial charge in [-0.05, 0) is 31.9 Å². The molecule has 2 rings (SSSR count). The van der Waals surface area contributed by atoms with E-state index in [1.54, 1.807) is 31.2 Å². The van der Waals surface area contributed by atoms with Crippen LogP contribution in [0.1, 0.15) is 19.8 Å². The Kier molecular flexibility index (Phi) is 4.27. The minimum absolute atomic E-state index is 0.201. The zero-order valence-corrected chi connectivity index (χ0v) is 11.2. The van der Waals surface area contributed by atoms with E-state index in [1.165, 1.54) is 0 Å². The topological polar surface area (TPSA) is 67.4 Å². The molecule has 0 heterocycles. The lowest BCUT2D eigenvalue weighted by atomic mass is 10.3. The first-order chi connectivity index (χ1) is 9.06. The van der Waals surface area contributed by atoms with Gasteiger partial charge in [0.15, 0.2) is 6.10 Å². The lowest BCUT2D eigenvalue weighted by Crippen LogP contribution is -2.45. The zero-order valence-electron chi connectivity index (χ0n) is 10.5. The predicted molar refractivity (Wildman–Crippen MR) is 71.2 cm³/mol. The smallest absolute Gasteiger partial charge is 0.321 e. The molecule has 2 N–H and O–H groups in total. The molecule has 5 nitrogen and oxygen atoms in total. The number of para-hydroxylation sites is 1. The number of urea groups is 1. The number of carbonyl (C=O) groups is 2. The summed E-state index contributed by atoms with van der Waals surface area (Å²) in [4.78, 5) is 23.1. The number of halogens is 1. The molecule has 0 unspecified atom stereocenters. The molecule has 0 spiro atoms. The fourth-order valence-corrected chi connectivity index (χ4v) is 1.63. The molecular weight excluding hydrogens is 268 g/mol. The van der Waals surface area contributed by atoms with Crippen LogP contribution in [-0.4, -0.2) is 24.1 Å². The first kappa shape index (κ1) is 13.7. The Bertz CT molecular complexity index is 489. The van der Waals surface area contributed by atoms with Crippen LogP contribution in [0.3, 0.4) is 0 Å². The van der Waals surface area contributed by atoms with E-state index in [9.17, 15) is 9.59 Å². The number of imide groups is 1. The summed E-state index contributed by atoms with van der Waals surface area (Å²) >= 11 is 5.92. The van der Waals surface area contributed by atoms with Crippen molar-refractivity contribution in [1.29, 1.82) is 0 Å². The van der Waals surface area contributed by atoms with E-state index in [4.69, 9.17) is 16.3 Å². The number of hydrogen-bond acceptors (Lipinski definition) is 3. The molecular formula is C13H15ClN2O3. The Balaban J connectivity index is 1.84. The van der Waals surface area contributed by atoms with Gasteiger partial charge in [0.1, 0.15) is 5.75 Å². The third-order valence-corrected chi connectivity index (χ3v) is 2.97. The van der Waals surface area contributed by atoms with Gasteiger partial charge in [0.2, 0.25) is 0 Å². The third kappa shape index (κ3) is 4.13. The summed E-state index contributed by atoms with van der Waals surface area (Å²) in [5.41, 5.74) is 0. The van der Waals surface area contributed by atoms with Crippen LogP contribution in [0.5, 0.6) is 5.75 Å². The van der Waals surface area contributed by atoms with E-state index in [2.05, 4.69) is 10.6 Å². The minimum atomic E-state index is -0.801. The van der Waals surface area contributed by atoms with Crippen molar-refractivity contribution in [3.8, 4) is 5.75 Å². The Morgan fingerprint density at radius 2 is 2.05 bits per heavy atom. The molecule has 0 saturated heterocycles. The van der Waals surface area contributed by atoms with Crippen LogP contribution in [0.25, 0.3) is 0 Å². The highest BCUT2D eigenvalue weighted by Gasteiger charge is 2.25. The van der Waals surface area contributed by atoms with Crippen LogP contribution >= 0.6 is 11.6 Å². The molecule has 0 aliphatic heterocycles. The molecule has 102 valence electrons. The second-order valence-electron chi connectivity index (χ2n) is 4.43. The van der Waals surface area contributed by atoms with Gasteiger partial charge >= 0.3 is 6.03 Å². The van der Waals surface area contributed by atoms with E-state index < -0.39 is 18.0 Å². The maximum atomic E-state index is 11.7. The van der Waals surface area contributed by atoms with Gasteiger partial charge in [0, 0.05) is 6.04 Å². The highest BCUT2D eigenvalue weighted by molar-refractivity contribution is 6.32. The third-order valence-electron chi connectivity index (χ3n) is 2.66. The fraction of sp³-hybridized carbons (Fsp3) is 0.385. The van der Waals surface area contributed by atoms with Crippen molar-refractivity contribution in [1.82, 2.24) is 10.6 Å². The van der Waals surface area contributed by atoms with E-state index in [0.29, 0.717) is 10.8 Å². The maximum Gasteiger partial charge on any atom is 0.321 e. The van der Waals surface area contributed by atoms with Crippen LogP contribution in [0.2, 0.25) is 5.02 Å². The zero-order chi connectivity index (χ0) is 13.8. The average Bonchev–Trinajstić information content (AvgIpc) is 3.15. The average molecular weight is 283 g/mol. The summed E-state index contributed by atoms with van der Waals surface area (Å²) in [7, 11) is 0. The molecule has 1 atom stereocenters. The summed E-state index contributed by atoms with van der Waals surface area (Å²) in [5, 5.41) is 5.32. The number of hydrogen-bond donors (Lipinski definition) is 2. The highest BCUT2D eigenvalue weighted by atomic mass is 35.5.